The number of nitrogen functional groups attached to an aromatic ring is 1. The van der Waals surface area contributed by atoms with Crippen LogP contribution in [0.25, 0.3) is 11.1 Å². The maximum atomic E-state index is 13.6. The summed E-state index contributed by atoms with van der Waals surface area (Å²) in [4.78, 5) is 26.9. The summed E-state index contributed by atoms with van der Waals surface area (Å²) in [5, 5.41) is 11.1. The first kappa shape index (κ1) is 21.8. The molecule has 0 amide bonds. The summed E-state index contributed by atoms with van der Waals surface area (Å²) >= 11 is 0. The number of benzene rings is 3. The molecule has 3 N–H and O–H groups in total. The molecule has 3 aromatic rings. The lowest BCUT2D eigenvalue weighted by Crippen LogP contribution is -2.23. The third kappa shape index (κ3) is 3.31. The predicted octanol–water partition coefficient (Wildman–Crippen LogP) is 6.01. The van der Waals surface area contributed by atoms with E-state index in [1.54, 1.807) is 36.4 Å². The molecule has 0 aliphatic heterocycles. The molecule has 0 atom stereocenters. The van der Waals surface area contributed by atoms with E-state index in [0.717, 1.165) is 16.7 Å². The van der Waals surface area contributed by atoms with Gasteiger partial charge in [-0.2, -0.15) is 0 Å². The van der Waals surface area contributed by atoms with Crippen molar-refractivity contribution in [2.45, 2.75) is 52.4 Å². The first-order chi connectivity index (χ1) is 14.8. The van der Waals surface area contributed by atoms with E-state index in [4.69, 9.17) is 5.73 Å². The van der Waals surface area contributed by atoms with Gasteiger partial charge in [-0.25, -0.2) is 0 Å². The Hall–Kier alpha value is -3.40. The maximum Gasteiger partial charge on any atom is 0.196 e. The fourth-order valence-corrected chi connectivity index (χ4v) is 4.42. The molecule has 0 bridgehead atoms. The molecule has 0 fully saturated rings. The first-order valence-electron chi connectivity index (χ1n) is 10.8. The number of phenolic OH excluding ortho intramolecular Hbond substituents is 1. The van der Waals surface area contributed by atoms with Crippen LogP contribution in [-0.2, 0) is 10.8 Å². The third-order valence-corrected chi connectivity index (χ3v) is 6.14. The van der Waals surface area contributed by atoms with Gasteiger partial charge < -0.3 is 10.8 Å². The number of ketones is 2. The van der Waals surface area contributed by atoms with Crippen molar-refractivity contribution in [3.8, 4) is 16.9 Å². The topological polar surface area (TPSA) is 80.4 Å². The minimum atomic E-state index is -0.319. The molecule has 4 heteroatoms. The van der Waals surface area contributed by atoms with E-state index < -0.39 is 0 Å². The van der Waals surface area contributed by atoms with Crippen molar-refractivity contribution in [3.63, 3.8) is 0 Å². The van der Waals surface area contributed by atoms with Gasteiger partial charge in [-0.3, -0.25) is 9.59 Å². The van der Waals surface area contributed by atoms with Gasteiger partial charge in [0.2, 0.25) is 0 Å². The lowest BCUT2D eigenvalue weighted by atomic mass is 9.75. The highest BCUT2D eigenvalue weighted by molar-refractivity contribution is 6.31. The van der Waals surface area contributed by atoms with Crippen molar-refractivity contribution in [2.24, 2.45) is 0 Å². The van der Waals surface area contributed by atoms with E-state index in [0.29, 0.717) is 27.9 Å². The molecule has 0 radical (unpaired) electrons. The highest BCUT2D eigenvalue weighted by Crippen LogP contribution is 2.44. The van der Waals surface area contributed by atoms with Gasteiger partial charge in [-0.15, -0.1) is 0 Å². The Kier molecular flexibility index (Phi) is 4.81. The smallest absolute Gasteiger partial charge is 0.196 e. The number of rotatable bonds is 1. The summed E-state index contributed by atoms with van der Waals surface area (Å²) in [6, 6.07) is 14.2. The molecule has 0 heterocycles. The van der Waals surface area contributed by atoms with Gasteiger partial charge in [0.15, 0.2) is 11.6 Å². The molecule has 4 nitrogen and oxygen atoms in total. The van der Waals surface area contributed by atoms with Crippen LogP contribution in [0.2, 0.25) is 0 Å². The summed E-state index contributed by atoms with van der Waals surface area (Å²) in [5.74, 6) is -0.175. The van der Waals surface area contributed by atoms with Crippen LogP contribution in [0.5, 0.6) is 5.75 Å². The van der Waals surface area contributed by atoms with Gasteiger partial charge in [0, 0.05) is 33.5 Å². The molecule has 0 saturated carbocycles. The van der Waals surface area contributed by atoms with E-state index in [-0.39, 0.29) is 33.7 Å². The standard InChI is InChI=1S/C28H29NO3/c1-27(2,3)19-13-15(14-20(26(19)32)28(4,5)6)16-11-12-21(29)23-22(16)24(30)17-9-7-8-10-18(17)25(23)31/h7-14,32H,29H2,1-6H3. The number of anilines is 1. The average molecular weight is 428 g/mol. The molecule has 0 spiro atoms. The number of carbonyl (C=O) groups is 2. The van der Waals surface area contributed by atoms with Gasteiger partial charge in [-0.1, -0.05) is 71.9 Å². The molecule has 32 heavy (non-hydrogen) atoms. The van der Waals surface area contributed by atoms with E-state index >= 15 is 0 Å². The largest absolute Gasteiger partial charge is 0.507 e. The third-order valence-electron chi connectivity index (χ3n) is 6.14. The SMILES string of the molecule is CC(C)(C)c1cc(-c2ccc(N)c3c2C(=O)c2ccccc2C3=O)cc(C(C)(C)C)c1O. The number of carbonyl (C=O) groups excluding carboxylic acids is 2. The number of aromatic hydroxyl groups is 1. The Bertz CT molecular complexity index is 1250. The zero-order valence-electron chi connectivity index (χ0n) is 19.5. The molecular weight excluding hydrogens is 398 g/mol. The summed E-state index contributed by atoms with van der Waals surface area (Å²) < 4.78 is 0. The van der Waals surface area contributed by atoms with Gasteiger partial charge in [0.1, 0.15) is 5.75 Å². The van der Waals surface area contributed by atoms with Gasteiger partial charge in [0.25, 0.3) is 0 Å². The highest BCUT2D eigenvalue weighted by Gasteiger charge is 2.34. The number of hydrogen-bond donors (Lipinski definition) is 2. The quantitative estimate of drug-likeness (QED) is 0.364. The summed E-state index contributed by atoms with van der Waals surface area (Å²) in [6.45, 7) is 12.3. The van der Waals surface area contributed by atoms with Crippen LogP contribution in [0, 0.1) is 0 Å². The monoisotopic (exact) mass is 427 g/mol. The van der Waals surface area contributed by atoms with Crippen LogP contribution in [0.1, 0.15) is 84.5 Å². The number of fused-ring (bicyclic) bond motifs is 2. The highest BCUT2D eigenvalue weighted by atomic mass is 16.3. The van der Waals surface area contributed by atoms with Gasteiger partial charge in [0.05, 0.1) is 5.56 Å². The molecule has 164 valence electrons. The summed E-state index contributed by atoms with van der Waals surface area (Å²) in [7, 11) is 0. The number of nitrogens with two attached hydrogens (primary N) is 1. The second kappa shape index (κ2) is 7.06. The van der Waals surface area contributed by atoms with Crippen molar-refractivity contribution in [1.82, 2.24) is 0 Å². The van der Waals surface area contributed by atoms with Crippen molar-refractivity contribution in [2.75, 3.05) is 5.73 Å². The molecule has 3 aromatic carbocycles. The van der Waals surface area contributed by atoms with Crippen LogP contribution in [0.4, 0.5) is 5.69 Å². The van der Waals surface area contributed by atoms with Crippen molar-refractivity contribution in [3.05, 3.63) is 81.9 Å². The molecular formula is C28H29NO3. The molecule has 0 aromatic heterocycles. The minimum absolute atomic E-state index is 0.208. The minimum Gasteiger partial charge on any atom is -0.507 e. The van der Waals surface area contributed by atoms with Gasteiger partial charge >= 0.3 is 0 Å². The molecule has 0 unspecified atom stereocenters. The zero-order valence-corrected chi connectivity index (χ0v) is 19.5. The number of hydrogen-bond acceptors (Lipinski definition) is 4. The second-order valence-corrected chi connectivity index (χ2v) is 10.6. The van der Waals surface area contributed by atoms with Crippen molar-refractivity contribution >= 4 is 17.3 Å². The summed E-state index contributed by atoms with van der Waals surface area (Å²) in [5.41, 5.74) is 10.2. The molecule has 1 aliphatic carbocycles. The summed E-state index contributed by atoms with van der Waals surface area (Å²) in [6.07, 6.45) is 0. The van der Waals surface area contributed by atoms with Crippen LogP contribution >= 0.6 is 0 Å². The Morgan fingerprint density at radius 2 is 1.16 bits per heavy atom. The lowest BCUT2D eigenvalue weighted by Gasteiger charge is -2.29. The van der Waals surface area contributed by atoms with E-state index in [1.807, 2.05) is 53.7 Å². The fourth-order valence-electron chi connectivity index (χ4n) is 4.42. The normalized spacial score (nSPS) is 13.7. The Labute approximate surface area is 189 Å². The Balaban J connectivity index is 2.07. The first-order valence-corrected chi connectivity index (χ1v) is 10.8. The fraction of sp³-hybridized carbons (Fsp3) is 0.286. The average Bonchev–Trinajstić information content (AvgIpc) is 2.70. The second-order valence-electron chi connectivity index (χ2n) is 10.6. The van der Waals surface area contributed by atoms with E-state index in [9.17, 15) is 14.7 Å². The van der Waals surface area contributed by atoms with Crippen LogP contribution in [0.3, 0.4) is 0 Å². The Morgan fingerprint density at radius 1 is 0.688 bits per heavy atom. The lowest BCUT2D eigenvalue weighted by molar-refractivity contribution is 0.0980. The maximum absolute atomic E-state index is 13.6. The number of phenols is 1. The van der Waals surface area contributed by atoms with Crippen LogP contribution in [-0.4, -0.2) is 16.7 Å². The molecule has 0 saturated heterocycles. The zero-order chi connectivity index (χ0) is 23.6. The van der Waals surface area contributed by atoms with Crippen LogP contribution in [0.15, 0.2) is 48.5 Å². The Morgan fingerprint density at radius 3 is 1.62 bits per heavy atom. The van der Waals surface area contributed by atoms with Crippen molar-refractivity contribution < 1.29 is 14.7 Å². The van der Waals surface area contributed by atoms with Gasteiger partial charge in [-0.05, 0) is 40.2 Å². The predicted molar refractivity (Wildman–Crippen MR) is 129 cm³/mol. The van der Waals surface area contributed by atoms with E-state index in [2.05, 4.69) is 0 Å². The molecule has 4 rings (SSSR count). The van der Waals surface area contributed by atoms with Crippen molar-refractivity contribution in [1.29, 1.82) is 0 Å². The molecule has 1 aliphatic rings. The van der Waals surface area contributed by atoms with E-state index in [1.165, 1.54) is 0 Å². The van der Waals surface area contributed by atoms with Crippen LogP contribution < -0.4 is 5.73 Å².